The molecule has 0 aliphatic rings. The summed E-state index contributed by atoms with van der Waals surface area (Å²) >= 11 is 0. The van der Waals surface area contributed by atoms with E-state index in [-0.39, 0.29) is 0 Å². The molecule has 0 bridgehead atoms. The largest absolute Gasteiger partial charge is 0.282 e. The normalized spacial score (nSPS) is 10.4. The minimum atomic E-state index is 0.999. The first-order valence-corrected chi connectivity index (χ1v) is 4.91. The molecule has 0 saturated heterocycles. The summed E-state index contributed by atoms with van der Waals surface area (Å²) in [6.07, 6.45) is 0.999. The molecule has 2 rings (SSSR count). The van der Waals surface area contributed by atoms with Crippen molar-refractivity contribution in [3.05, 3.63) is 41.6 Å². The van der Waals surface area contributed by atoms with Crippen LogP contribution < -0.4 is 0 Å². The van der Waals surface area contributed by atoms with Crippen LogP contribution in [0, 0.1) is 6.92 Å². The van der Waals surface area contributed by atoms with Crippen molar-refractivity contribution in [2.24, 2.45) is 0 Å². The van der Waals surface area contributed by atoms with Crippen molar-refractivity contribution in [2.75, 3.05) is 0 Å². The fourth-order valence-electron chi connectivity index (χ4n) is 1.54. The van der Waals surface area contributed by atoms with Crippen LogP contribution in [0.1, 0.15) is 18.2 Å². The van der Waals surface area contributed by atoms with Crippen LogP contribution >= 0.6 is 0 Å². The van der Waals surface area contributed by atoms with Gasteiger partial charge in [-0.3, -0.25) is 5.10 Å². The number of nitrogens with one attached hydrogen (secondary N) is 1. The van der Waals surface area contributed by atoms with Crippen molar-refractivity contribution in [3.63, 3.8) is 0 Å². The van der Waals surface area contributed by atoms with E-state index in [0.717, 1.165) is 12.1 Å². The summed E-state index contributed by atoms with van der Waals surface area (Å²) in [4.78, 5) is 0. The molecule has 0 aliphatic carbocycles. The Morgan fingerprint density at radius 3 is 2.71 bits per heavy atom. The van der Waals surface area contributed by atoms with Crippen LogP contribution in [0.15, 0.2) is 30.3 Å². The van der Waals surface area contributed by atoms with Crippen LogP contribution in [0.5, 0.6) is 0 Å². The molecule has 14 heavy (non-hydrogen) atoms. The molecule has 0 unspecified atom stereocenters. The van der Waals surface area contributed by atoms with Gasteiger partial charge in [0.2, 0.25) is 0 Å². The van der Waals surface area contributed by atoms with Gasteiger partial charge in [-0.05, 0) is 25.0 Å². The molecule has 0 atom stereocenters. The highest BCUT2D eigenvalue weighted by molar-refractivity contribution is 5.63. The minimum Gasteiger partial charge on any atom is -0.282 e. The summed E-state index contributed by atoms with van der Waals surface area (Å²) in [5.41, 5.74) is 4.70. The lowest BCUT2D eigenvalue weighted by Gasteiger charge is -1.99. The molecule has 2 nitrogen and oxygen atoms in total. The molecule has 0 fully saturated rings. The highest BCUT2D eigenvalue weighted by Crippen LogP contribution is 2.21. The van der Waals surface area contributed by atoms with Crippen molar-refractivity contribution >= 4 is 0 Å². The van der Waals surface area contributed by atoms with Gasteiger partial charge < -0.3 is 0 Å². The van der Waals surface area contributed by atoms with Crippen molar-refractivity contribution in [3.8, 4) is 11.3 Å². The van der Waals surface area contributed by atoms with Gasteiger partial charge in [0.1, 0.15) is 0 Å². The van der Waals surface area contributed by atoms with E-state index >= 15 is 0 Å². The van der Waals surface area contributed by atoms with Crippen LogP contribution in [0.4, 0.5) is 0 Å². The number of aromatic nitrogens is 2. The summed E-state index contributed by atoms with van der Waals surface area (Å²) in [7, 11) is 0. The summed E-state index contributed by atoms with van der Waals surface area (Å²) in [6, 6.07) is 10.4. The topological polar surface area (TPSA) is 28.7 Å². The van der Waals surface area contributed by atoms with Crippen LogP contribution in [0.3, 0.4) is 0 Å². The van der Waals surface area contributed by atoms with Gasteiger partial charge >= 0.3 is 0 Å². The third-order valence-corrected chi connectivity index (χ3v) is 2.43. The van der Waals surface area contributed by atoms with Gasteiger partial charge in [-0.2, -0.15) is 5.10 Å². The highest BCUT2D eigenvalue weighted by atomic mass is 15.1. The Kier molecular flexibility index (Phi) is 2.35. The number of rotatable bonds is 2. The highest BCUT2D eigenvalue weighted by Gasteiger charge is 2.04. The predicted molar refractivity (Wildman–Crippen MR) is 58.1 cm³/mol. The summed E-state index contributed by atoms with van der Waals surface area (Å²) in [5.74, 6) is 0. The number of aryl methyl sites for hydroxylation is 2. The van der Waals surface area contributed by atoms with Crippen molar-refractivity contribution in [2.45, 2.75) is 20.3 Å². The Labute approximate surface area is 84.0 Å². The van der Waals surface area contributed by atoms with E-state index in [1.54, 1.807) is 0 Å². The third kappa shape index (κ3) is 1.55. The first-order valence-electron chi connectivity index (χ1n) is 4.91. The molecule has 1 aromatic carbocycles. The number of nitrogens with zero attached hydrogens (tertiary/aromatic N) is 1. The Bertz CT molecular complexity index is 429. The second-order valence-corrected chi connectivity index (χ2v) is 3.45. The maximum absolute atomic E-state index is 4.29. The smallest absolute Gasteiger partial charge is 0.0926 e. The zero-order valence-corrected chi connectivity index (χ0v) is 8.54. The van der Waals surface area contributed by atoms with Gasteiger partial charge in [0.15, 0.2) is 0 Å². The molecular formula is C12H14N2. The predicted octanol–water partition coefficient (Wildman–Crippen LogP) is 2.95. The summed E-state index contributed by atoms with van der Waals surface area (Å²) in [5, 5.41) is 7.32. The van der Waals surface area contributed by atoms with E-state index in [0.29, 0.717) is 0 Å². The number of aromatic amines is 1. The molecule has 0 radical (unpaired) electrons. The average Bonchev–Trinajstić information content (AvgIpc) is 2.67. The fourth-order valence-corrected chi connectivity index (χ4v) is 1.54. The quantitative estimate of drug-likeness (QED) is 0.767. The molecule has 0 amide bonds. The number of benzene rings is 1. The lowest BCUT2D eigenvalue weighted by molar-refractivity contribution is 0.976. The SMILES string of the molecule is CCc1cc(-c2ccccc2C)n[nH]1. The van der Waals surface area contributed by atoms with E-state index in [1.165, 1.54) is 16.8 Å². The Hall–Kier alpha value is -1.57. The monoisotopic (exact) mass is 186 g/mol. The minimum absolute atomic E-state index is 0.999. The number of H-pyrrole nitrogens is 1. The number of hydrogen-bond donors (Lipinski definition) is 1. The van der Waals surface area contributed by atoms with Crippen molar-refractivity contribution in [1.29, 1.82) is 0 Å². The molecule has 0 saturated carbocycles. The second kappa shape index (κ2) is 3.66. The Morgan fingerprint density at radius 2 is 2.07 bits per heavy atom. The van der Waals surface area contributed by atoms with Gasteiger partial charge in [0.25, 0.3) is 0 Å². The van der Waals surface area contributed by atoms with Gasteiger partial charge in [-0.1, -0.05) is 31.2 Å². The molecular weight excluding hydrogens is 172 g/mol. The Balaban J connectivity index is 2.44. The Morgan fingerprint density at radius 1 is 1.29 bits per heavy atom. The molecule has 1 N–H and O–H groups in total. The number of hydrogen-bond acceptors (Lipinski definition) is 1. The lowest BCUT2D eigenvalue weighted by atomic mass is 10.1. The average molecular weight is 186 g/mol. The van der Waals surface area contributed by atoms with E-state index in [9.17, 15) is 0 Å². The van der Waals surface area contributed by atoms with E-state index in [4.69, 9.17) is 0 Å². The van der Waals surface area contributed by atoms with Crippen LogP contribution in [0.2, 0.25) is 0 Å². The summed E-state index contributed by atoms with van der Waals surface area (Å²) < 4.78 is 0. The summed E-state index contributed by atoms with van der Waals surface area (Å²) in [6.45, 7) is 4.23. The van der Waals surface area contributed by atoms with Crippen LogP contribution in [0.25, 0.3) is 11.3 Å². The standard InChI is InChI=1S/C12H14N2/c1-3-10-8-12(14-13-10)11-7-5-4-6-9(11)2/h4-8H,3H2,1-2H3,(H,13,14). The van der Waals surface area contributed by atoms with E-state index in [2.05, 4.69) is 42.2 Å². The molecule has 1 aromatic heterocycles. The van der Waals surface area contributed by atoms with Crippen molar-refractivity contribution in [1.82, 2.24) is 10.2 Å². The van der Waals surface area contributed by atoms with Crippen LogP contribution in [-0.2, 0) is 6.42 Å². The maximum Gasteiger partial charge on any atom is 0.0926 e. The first kappa shape index (κ1) is 9.00. The van der Waals surface area contributed by atoms with Gasteiger partial charge in [0, 0.05) is 11.3 Å². The molecule has 0 spiro atoms. The molecule has 72 valence electrons. The molecule has 0 aliphatic heterocycles. The molecule has 2 aromatic rings. The second-order valence-electron chi connectivity index (χ2n) is 3.45. The van der Waals surface area contributed by atoms with Gasteiger partial charge in [-0.25, -0.2) is 0 Å². The lowest BCUT2D eigenvalue weighted by Crippen LogP contribution is -1.81. The van der Waals surface area contributed by atoms with E-state index < -0.39 is 0 Å². The van der Waals surface area contributed by atoms with Crippen molar-refractivity contribution < 1.29 is 0 Å². The zero-order valence-electron chi connectivity index (χ0n) is 8.54. The van der Waals surface area contributed by atoms with Crippen LogP contribution in [-0.4, -0.2) is 10.2 Å². The third-order valence-electron chi connectivity index (χ3n) is 2.43. The van der Waals surface area contributed by atoms with Gasteiger partial charge in [0.05, 0.1) is 5.69 Å². The zero-order chi connectivity index (χ0) is 9.97. The molecule has 2 heteroatoms. The maximum atomic E-state index is 4.29. The molecule has 1 heterocycles. The fraction of sp³-hybridized carbons (Fsp3) is 0.250. The van der Waals surface area contributed by atoms with Gasteiger partial charge in [-0.15, -0.1) is 0 Å². The van der Waals surface area contributed by atoms with E-state index in [1.807, 2.05) is 12.1 Å². The first-order chi connectivity index (χ1) is 6.81.